The summed E-state index contributed by atoms with van der Waals surface area (Å²) in [6.45, 7) is 7.23. The van der Waals surface area contributed by atoms with Gasteiger partial charge < -0.3 is 10.2 Å². The van der Waals surface area contributed by atoms with Gasteiger partial charge in [-0.25, -0.2) is 0 Å². The minimum absolute atomic E-state index is 0.304. The molecule has 3 nitrogen and oxygen atoms in total. The van der Waals surface area contributed by atoms with E-state index in [2.05, 4.69) is 11.9 Å². The van der Waals surface area contributed by atoms with E-state index in [0.29, 0.717) is 30.5 Å². The molecule has 2 fully saturated rings. The van der Waals surface area contributed by atoms with Crippen LogP contribution in [0, 0.1) is 5.92 Å². The molecule has 1 amide bonds. The van der Waals surface area contributed by atoms with Crippen molar-refractivity contribution in [3.8, 4) is 0 Å². The molecule has 2 atom stereocenters. The Balaban J connectivity index is 1.83. The number of rotatable bonds is 5. The SMILES string of the molecule is C=CCN(CC)C(=O)CC1CC2CCC(C1)N2. The van der Waals surface area contributed by atoms with E-state index in [-0.39, 0.29) is 0 Å². The van der Waals surface area contributed by atoms with Gasteiger partial charge in [-0.2, -0.15) is 0 Å². The van der Waals surface area contributed by atoms with Crippen molar-refractivity contribution >= 4 is 5.91 Å². The van der Waals surface area contributed by atoms with E-state index < -0.39 is 0 Å². The molecule has 0 saturated carbocycles. The first-order valence-electron chi connectivity index (χ1n) is 6.87. The van der Waals surface area contributed by atoms with Crippen molar-refractivity contribution in [3.63, 3.8) is 0 Å². The molecule has 0 aromatic carbocycles. The predicted molar refractivity (Wildman–Crippen MR) is 69.7 cm³/mol. The van der Waals surface area contributed by atoms with Crippen LogP contribution in [-0.4, -0.2) is 36.0 Å². The number of hydrogen-bond acceptors (Lipinski definition) is 2. The number of carbonyl (C=O) groups is 1. The quantitative estimate of drug-likeness (QED) is 0.740. The summed E-state index contributed by atoms with van der Waals surface area (Å²) >= 11 is 0. The lowest BCUT2D eigenvalue weighted by Crippen LogP contribution is -2.40. The normalized spacial score (nSPS) is 31.2. The average Bonchev–Trinajstić information content (AvgIpc) is 2.65. The minimum Gasteiger partial charge on any atom is -0.339 e. The van der Waals surface area contributed by atoms with Crippen molar-refractivity contribution < 1.29 is 4.79 Å². The molecule has 2 rings (SSSR count). The van der Waals surface area contributed by atoms with E-state index in [1.807, 2.05) is 17.9 Å². The van der Waals surface area contributed by atoms with Crippen LogP contribution >= 0.6 is 0 Å². The van der Waals surface area contributed by atoms with Crippen LogP contribution in [-0.2, 0) is 4.79 Å². The number of piperidine rings is 1. The smallest absolute Gasteiger partial charge is 0.223 e. The van der Waals surface area contributed by atoms with Gasteiger partial charge in [0.2, 0.25) is 5.91 Å². The number of nitrogens with one attached hydrogen (secondary N) is 1. The Labute approximate surface area is 104 Å². The number of nitrogens with zero attached hydrogens (tertiary/aromatic N) is 1. The molecule has 2 unspecified atom stereocenters. The van der Waals surface area contributed by atoms with Gasteiger partial charge in [-0.05, 0) is 38.5 Å². The van der Waals surface area contributed by atoms with Crippen LogP contribution in [0.1, 0.15) is 39.0 Å². The number of likely N-dealkylation sites (N-methyl/N-ethyl adjacent to an activating group) is 1. The number of carbonyl (C=O) groups excluding carboxylic acids is 1. The van der Waals surface area contributed by atoms with E-state index in [9.17, 15) is 4.79 Å². The van der Waals surface area contributed by atoms with E-state index in [4.69, 9.17) is 0 Å². The van der Waals surface area contributed by atoms with Crippen molar-refractivity contribution in [2.24, 2.45) is 5.92 Å². The van der Waals surface area contributed by atoms with E-state index >= 15 is 0 Å². The van der Waals surface area contributed by atoms with Crippen molar-refractivity contribution in [1.29, 1.82) is 0 Å². The number of fused-ring (bicyclic) bond motifs is 2. The van der Waals surface area contributed by atoms with Gasteiger partial charge in [0.15, 0.2) is 0 Å². The largest absolute Gasteiger partial charge is 0.339 e. The Morgan fingerprint density at radius 3 is 2.59 bits per heavy atom. The molecule has 0 aliphatic carbocycles. The maximum atomic E-state index is 12.1. The lowest BCUT2D eigenvalue weighted by Gasteiger charge is -2.30. The van der Waals surface area contributed by atoms with Crippen molar-refractivity contribution in [2.75, 3.05) is 13.1 Å². The summed E-state index contributed by atoms with van der Waals surface area (Å²) < 4.78 is 0. The molecule has 2 bridgehead atoms. The highest BCUT2D eigenvalue weighted by molar-refractivity contribution is 5.76. The van der Waals surface area contributed by atoms with Crippen LogP contribution in [0.5, 0.6) is 0 Å². The van der Waals surface area contributed by atoms with Crippen LogP contribution in [0.25, 0.3) is 0 Å². The molecule has 96 valence electrons. The zero-order chi connectivity index (χ0) is 12.3. The van der Waals surface area contributed by atoms with Crippen LogP contribution in [0.2, 0.25) is 0 Å². The highest BCUT2D eigenvalue weighted by Crippen LogP contribution is 2.32. The van der Waals surface area contributed by atoms with Gasteiger partial charge in [0.25, 0.3) is 0 Å². The van der Waals surface area contributed by atoms with Crippen LogP contribution in [0.3, 0.4) is 0 Å². The number of hydrogen-bond donors (Lipinski definition) is 1. The lowest BCUT2D eigenvalue weighted by molar-refractivity contribution is -0.131. The van der Waals surface area contributed by atoms with Gasteiger partial charge in [0.05, 0.1) is 0 Å². The summed E-state index contributed by atoms with van der Waals surface area (Å²) in [4.78, 5) is 14.0. The van der Waals surface area contributed by atoms with Crippen molar-refractivity contribution in [2.45, 2.75) is 51.1 Å². The molecule has 1 N–H and O–H groups in total. The highest BCUT2D eigenvalue weighted by Gasteiger charge is 2.34. The summed E-state index contributed by atoms with van der Waals surface area (Å²) in [6.07, 6.45) is 7.53. The lowest BCUT2D eigenvalue weighted by atomic mass is 9.89. The Kier molecular flexibility index (Phi) is 4.21. The summed E-state index contributed by atoms with van der Waals surface area (Å²) in [5.41, 5.74) is 0. The topological polar surface area (TPSA) is 32.3 Å². The highest BCUT2D eigenvalue weighted by atomic mass is 16.2. The Morgan fingerprint density at radius 1 is 1.41 bits per heavy atom. The fraction of sp³-hybridized carbons (Fsp3) is 0.786. The maximum Gasteiger partial charge on any atom is 0.223 e. The minimum atomic E-state index is 0.304. The molecule has 2 aliphatic heterocycles. The Hall–Kier alpha value is -0.830. The molecular formula is C14H24N2O. The molecule has 0 aromatic rings. The second-order valence-corrected chi connectivity index (χ2v) is 5.40. The van der Waals surface area contributed by atoms with Gasteiger partial charge in [-0.1, -0.05) is 6.08 Å². The fourth-order valence-corrected chi connectivity index (χ4v) is 3.28. The molecule has 17 heavy (non-hydrogen) atoms. The van der Waals surface area contributed by atoms with Gasteiger partial charge >= 0.3 is 0 Å². The molecular weight excluding hydrogens is 212 g/mol. The maximum absolute atomic E-state index is 12.1. The molecule has 2 heterocycles. The summed E-state index contributed by atoms with van der Waals surface area (Å²) in [5.74, 6) is 0.902. The second kappa shape index (κ2) is 5.67. The molecule has 0 radical (unpaired) electrons. The first-order valence-corrected chi connectivity index (χ1v) is 6.87. The predicted octanol–water partition coefficient (Wildman–Crippen LogP) is 1.94. The summed E-state index contributed by atoms with van der Waals surface area (Å²) in [5, 5.41) is 3.62. The third-order valence-corrected chi connectivity index (χ3v) is 4.12. The standard InChI is InChI=1S/C14H24N2O/c1-3-7-16(4-2)14(17)10-11-8-12-5-6-13(9-11)15-12/h3,11-13,15H,1,4-10H2,2H3. The third-order valence-electron chi connectivity index (χ3n) is 4.12. The van der Waals surface area contributed by atoms with Crippen molar-refractivity contribution in [1.82, 2.24) is 10.2 Å². The first kappa shape index (κ1) is 12.6. The Morgan fingerprint density at radius 2 is 2.06 bits per heavy atom. The summed E-state index contributed by atoms with van der Waals surface area (Å²) in [7, 11) is 0. The van der Waals surface area contributed by atoms with Gasteiger partial charge in [-0.3, -0.25) is 4.79 Å². The summed E-state index contributed by atoms with van der Waals surface area (Å²) in [6, 6.07) is 1.36. The molecule has 2 saturated heterocycles. The molecule has 0 spiro atoms. The monoisotopic (exact) mass is 236 g/mol. The Bertz CT molecular complexity index is 278. The number of amides is 1. The van der Waals surface area contributed by atoms with Gasteiger partial charge in [0, 0.05) is 31.6 Å². The van der Waals surface area contributed by atoms with Crippen LogP contribution in [0.15, 0.2) is 12.7 Å². The third kappa shape index (κ3) is 3.09. The molecule has 2 aliphatic rings. The van der Waals surface area contributed by atoms with E-state index in [1.54, 1.807) is 0 Å². The second-order valence-electron chi connectivity index (χ2n) is 5.40. The van der Waals surface area contributed by atoms with E-state index in [0.717, 1.165) is 13.0 Å². The molecule has 3 heteroatoms. The molecule has 0 aromatic heterocycles. The van der Waals surface area contributed by atoms with Gasteiger partial charge in [0.1, 0.15) is 0 Å². The van der Waals surface area contributed by atoms with E-state index in [1.165, 1.54) is 25.7 Å². The first-order chi connectivity index (χ1) is 8.22. The van der Waals surface area contributed by atoms with Gasteiger partial charge in [-0.15, -0.1) is 6.58 Å². The average molecular weight is 236 g/mol. The van der Waals surface area contributed by atoms with Crippen LogP contribution < -0.4 is 5.32 Å². The fourth-order valence-electron chi connectivity index (χ4n) is 3.28. The zero-order valence-corrected chi connectivity index (χ0v) is 10.8. The van der Waals surface area contributed by atoms with Crippen LogP contribution in [0.4, 0.5) is 0 Å². The van der Waals surface area contributed by atoms with Crippen molar-refractivity contribution in [3.05, 3.63) is 12.7 Å². The zero-order valence-electron chi connectivity index (χ0n) is 10.8.